The number of hydrogen-bond donors (Lipinski definition) is 0. The standard InChI is InChI=1S/C28H44O4.C26H42O2.C24H38O2.C22H36O2.C21H36O2/c1-5-18-11-19(6-2)27-23-13-20(26(18)27)12-22(23)24(31-16(4)29)14-25(30)32-28(7-3)15-17-8-9-21(28)10-17;1-3-17-14-18(4-2)24-21-15-19(23(17)24)16-22(21)25(27)28-26(12-8-9-13-26)20-10-6-5-7-11-20;1-4-15-10-16(5-2)22-19-11-17(21(15)22)12-20(19)23(25)26-24(6-3)13-14-7-8-18(24)9-14;1-4-14-11-15(5-2)20-17-12-16(19(14)20)13-18(17)21(23)24-22(6-3)9-7-8-10-22;1-6-13-10-14(7-2)19-16-11-15(18(13)19)12-17(16)20(22)23-21(5,8-3)9-4/h17-24,26-27H,5-15H2,1-4H3;17-24H,3-16H2,1-2H3;14-22H,4-13H2,1-3H3;14-20H,4-13H2,1-3H3;13-19H,6-12H2,1-5H3. The minimum atomic E-state index is -0.304. The first-order valence-electron chi connectivity index (χ1n) is 59.5. The van der Waals surface area contributed by atoms with E-state index < -0.39 is 0 Å². The maximum atomic E-state index is 13.6. The average molecular weight is 1840 g/mol. The van der Waals surface area contributed by atoms with Crippen molar-refractivity contribution in [2.45, 2.75) is 486 Å². The van der Waals surface area contributed by atoms with E-state index in [-0.39, 0.29) is 100 Å². The molecule has 0 saturated heterocycles. The topological polar surface area (TPSA) is 158 Å². The highest BCUT2D eigenvalue weighted by Crippen LogP contribution is 2.73. The molecule has 133 heavy (non-hydrogen) atoms. The van der Waals surface area contributed by atoms with Gasteiger partial charge in [-0.15, -0.1) is 0 Å². The molecule has 0 aliphatic heterocycles. The minimum Gasteiger partial charge on any atom is -0.462 e. The third kappa shape index (κ3) is 18.3. The van der Waals surface area contributed by atoms with Crippen LogP contribution in [0, 0.1) is 237 Å². The first kappa shape index (κ1) is 99.9. The number of esters is 6. The first-order chi connectivity index (χ1) is 64.2. The van der Waals surface area contributed by atoms with Gasteiger partial charge < -0.3 is 28.4 Å². The zero-order valence-corrected chi connectivity index (χ0v) is 87.8. The van der Waals surface area contributed by atoms with Crippen LogP contribution in [0.5, 0.6) is 0 Å². The van der Waals surface area contributed by atoms with Gasteiger partial charge in [0, 0.05) is 6.92 Å². The van der Waals surface area contributed by atoms with Crippen LogP contribution in [0.1, 0.15) is 452 Å². The minimum absolute atomic E-state index is 0.0788. The molecule has 0 heterocycles. The lowest BCUT2D eigenvalue weighted by Gasteiger charge is -2.41. The number of rotatable bonds is 29. The van der Waals surface area contributed by atoms with Gasteiger partial charge in [0.15, 0.2) is 0 Å². The molecule has 12 heteroatoms. The van der Waals surface area contributed by atoms with E-state index in [1.165, 1.54) is 232 Å². The van der Waals surface area contributed by atoms with Crippen molar-refractivity contribution in [1.82, 2.24) is 0 Å². The maximum Gasteiger partial charge on any atom is 0.310 e. The smallest absolute Gasteiger partial charge is 0.310 e. The summed E-state index contributed by atoms with van der Waals surface area (Å²) in [5.41, 5.74) is -0.792. The fraction of sp³-hybridized carbons (Fsp3) is 0.950. The van der Waals surface area contributed by atoms with Crippen molar-refractivity contribution in [3.8, 4) is 0 Å². The van der Waals surface area contributed by atoms with Gasteiger partial charge in [-0.25, -0.2) is 0 Å². The van der Waals surface area contributed by atoms with Crippen LogP contribution in [-0.4, -0.2) is 69.9 Å². The number of carbonyl (C=O) groups is 6. The molecule has 42 atom stereocenters. The molecule has 0 aromatic heterocycles. The predicted molar refractivity (Wildman–Crippen MR) is 530 cm³/mol. The highest BCUT2D eigenvalue weighted by atomic mass is 16.6. The highest BCUT2D eigenvalue weighted by Gasteiger charge is 2.69. The van der Waals surface area contributed by atoms with E-state index in [0.717, 1.165) is 263 Å². The lowest BCUT2D eigenvalue weighted by molar-refractivity contribution is -0.176. The Hall–Kier alpha value is -3.18. The van der Waals surface area contributed by atoms with Gasteiger partial charge in [-0.1, -0.05) is 187 Å². The number of carbonyl (C=O) groups excluding carboxylic acids is 6. The molecule has 42 unspecified atom stereocenters. The van der Waals surface area contributed by atoms with E-state index in [1.807, 2.05) is 0 Å². The summed E-state index contributed by atoms with van der Waals surface area (Å²) >= 11 is 0. The van der Waals surface area contributed by atoms with Crippen LogP contribution in [-0.2, 0) is 57.2 Å². The Kier molecular flexibility index (Phi) is 31.0. The Morgan fingerprint density at radius 2 is 0.654 bits per heavy atom. The van der Waals surface area contributed by atoms with Crippen molar-refractivity contribution in [2.75, 3.05) is 0 Å². The first-order valence-corrected chi connectivity index (χ1v) is 59.5. The molecule has 22 rings (SSSR count). The van der Waals surface area contributed by atoms with Crippen LogP contribution in [0.2, 0.25) is 0 Å². The molecule has 0 spiro atoms. The molecule has 22 aliphatic rings. The zero-order chi connectivity index (χ0) is 93.6. The second-order valence-corrected chi connectivity index (χ2v) is 52.2. The van der Waals surface area contributed by atoms with Gasteiger partial charge >= 0.3 is 35.8 Å². The Morgan fingerprint density at radius 3 is 1.00 bits per heavy atom. The summed E-state index contributed by atoms with van der Waals surface area (Å²) in [6.07, 6.45) is 63.2. The van der Waals surface area contributed by atoms with E-state index in [2.05, 4.69) is 111 Å². The molecular weight excluding hydrogens is 1650 g/mol. The van der Waals surface area contributed by atoms with Gasteiger partial charge in [-0.2, -0.15) is 0 Å². The van der Waals surface area contributed by atoms with E-state index in [1.54, 1.807) is 0 Å². The maximum absolute atomic E-state index is 13.6. The van der Waals surface area contributed by atoms with Crippen LogP contribution in [0.15, 0.2) is 0 Å². The zero-order valence-electron chi connectivity index (χ0n) is 87.8. The highest BCUT2D eigenvalue weighted by molar-refractivity contribution is 5.76. The van der Waals surface area contributed by atoms with Gasteiger partial charge in [0.05, 0.1) is 30.1 Å². The van der Waals surface area contributed by atoms with Crippen LogP contribution in [0.3, 0.4) is 0 Å². The lowest BCUT2D eigenvalue weighted by Crippen LogP contribution is -2.44. The monoisotopic (exact) mass is 1840 g/mol. The van der Waals surface area contributed by atoms with Gasteiger partial charge in [-0.3, -0.25) is 28.8 Å². The summed E-state index contributed by atoms with van der Waals surface area (Å²) in [6.45, 7) is 38.2. The van der Waals surface area contributed by atoms with Crippen LogP contribution < -0.4 is 0 Å². The van der Waals surface area contributed by atoms with Crippen LogP contribution >= 0.6 is 0 Å². The van der Waals surface area contributed by atoms with Crippen molar-refractivity contribution in [3.05, 3.63) is 0 Å². The van der Waals surface area contributed by atoms with Crippen LogP contribution in [0.25, 0.3) is 0 Å². The summed E-state index contributed by atoms with van der Waals surface area (Å²) in [5, 5.41) is 0. The summed E-state index contributed by atoms with van der Waals surface area (Å²) < 4.78 is 37.4. The van der Waals surface area contributed by atoms with E-state index in [9.17, 15) is 28.8 Å². The normalized spacial score (nSPS) is 46.8. The molecule has 14 bridgehead atoms. The molecule has 0 radical (unpaired) electrons. The Balaban J connectivity index is 0.000000112. The molecule has 0 amide bonds. The molecule has 0 aromatic carbocycles. The predicted octanol–water partition coefficient (Wildman–Crippen LogP) is 29.8. The van der Waals surface area contributed by atoms with Gasteiger partial charge in [0.2, 0.25) is 0 Å². The molecule has 22 saturated carbocycles. The van der Waals surface area contributed by atoms with Crippen molar-refractivity contribution in [2.24, 2.45) is 237 Å². The molecule has 0 N–H and O–H groups in total. The third-order valence-corrected chi connectivity index (χ3v) is 47.9. The summed E-state index contributed by atoms with van der Waals surface area (Å²) in [7, 11) is 0. The van der Waals surface area contributed by atoms with E-state index in [4.69, 9.17) is 28.4 Å². The van der Waals surface area contributed by atoms with Crippen molar-refractivity contribution in [3.63, 3.8) is 0 Å². The number of hydrogen-bond acceptors (Lipinski definition) is 12. The van der Waals surface area contributed by atoms with Gasteiger partial charge in [-0.05, 0) is 464 Å². The largest absolute Gasteiger partial charge is 0.462 e. The van der Waals surface area contributed by atoms with Crippen molar-refractivity contribution < 1.29 is 57.2 Å². The third-order valence-electron chi connectivity index (χ3n) is 47.9. The summed E-state index contributed by atoms with van der Waals surface area (Å²) in [6, 6.07) is 0. The molecule has 22 fully saturated rings. The summed E-state index contributed by atoms with van der Waals surface area (Å²) in [4.78, 5) is 78.1. The Labute approximate surface area is 810 Å². The molecule has 12 nitrogen and oxygen atoms in total. The van der Waals surface area contributed by atoms with E-state index in [0.29, 0.717) is 53.3 Å². The Bertz CT molecular complexity index is 3930. The fourth-order valence-corrected chi connectivity index (χ4v) is 41.8. The molecule has 22 aliphatic carbocycles. The number of fused-ring (bicyclic) bond motifs is 29. The second kappa shape index (κ2) is 41.3. The van der Waals surface area contributed by atoms with Crippen molar-refractivity contribution in [1.29, 1.82) is 0 Å². The second-order valence-electron chi connectivity index (χ2n) is 52.2. The SMILES string of the molecule is CCC1CC(CC)C2C3CC(CC3C(=O)OC(C)(CC)CC)C12.CCC1CC(CC)C2C3CC(CC3C(=O)OC3(C4CCCCC4)CCCC3)C12.CCC1CC(CC)C2C3CC(CC3C(=O)OC3(CC)CC4CCC3C4)C12.CCC1CC(CC)C2C3CC(CC3C(=O)OC3(CC)CCCC3)C12.CCC1CC(CC)C2C3CC(CC3C(CC(=O)OC3(CC)CC4CCC3C4)OC(C)=O)C12. The van der Waals surface area contributed by atoms with Crippen molar-refractivity contribution >= 4 is 35.8 Å². The molecule has 0 aromatic rings. The fourth-order valence-electron chi connectivity index (χ4n) is 41.8. The van der Waals surface area contributed by atoms with Crippen LogP contribution in [0.4, 0.5) is 0 Å². The average Bonchev–Trinajstić information content (AvgIpc) is 1.58. The van der Waals surface area contributed by atoms with Gasteiger partial charge in [0.25, 0.3) is 0 Å². The molecule has 752 valence electrons. The Morgan fingerprint density at radius 1 is 0.316 bits per heavy atom. The number of ether oxygens (including phenoxy) is 6. The van der Waals surface area contributed by atoms with E-state index >= 15 is 0 Å². The molecular formula is C121H196O12. The van der Waals surface area contributed by atoms with Gasteiger partial charge in [0.1, 0.15) is 34.1 Å². The summed E-state index contributed by atoms with van der Waals surface area (Å²) in [5.74, 6) is 29.8. The quantitative estimate of drug-likeness (QED) is 0.0516. The lowest BCUT2D eigenvalue weighted by atomic mass is 9.69.